The van der Waals surface area contributed by atoms with Crippen molar-refractivity contribution in [3.8, 4) is 0 Å². The van der Waals surface area contributed by atoms with Gasteiger partial charge in [0, 0.05) is 18.6 Å². The monoisotopic (exact) mass is 223 g/mol. The molecule has 0 radical (unpaired) electrons. The second-order valence-corrected chi connectivity index (χ2v) is 4.97. The molecule has 4 nitrogen and oxygen atoms in total. The predicted molar refractivity (Wildman–Crippen MR) is 64.5 cm³/mol. The zero-order chi connectivity index (χ0) is 11.6. The Labute approximate surface area is 97.0 Å². The highest BCUT2D eigenvalue weighted by Crippen LogP contribution is 2.32. The Bertz CT molecular complexity index is 346. The Morgan fingerprint density at radius 3 is 3.00 bits per heavy atom. The van der Waals surface area contributed by atoms with Crippen molar-refractivity contribution < 1.29 is 4.42 Å². The van der Waals surface area contributed by atoms with Gasteiger partial charge in [-0.1, -0.05) is 6.92 Å². The van der Waals surface area contributed by atoms with Gasteiger partial charge in [-0.3, -0.25) is 0 Å². The maximum absolute atomic E-state index is 5.56. The molecule has 1 aromatic heterocycles. The molecule has 1 aliphatic rings. The molecular formula is C12H21N3O. The fourth-order valence-corrected chi connectivity index (χ4v) is 2.22. The highest BCUT2D eigenvalue weighted by molar-refractivity contribution is 5.33. The minimum atomic E-state index is 0.181. The predicted octanol–water partition coefficient (Wildman–Crippen LogP) is 2.16. The number of nitrogens with zero attached hydrogens (tertiary/aromatic N) is 2. The van der Waals surface area contributed by atoms with Crippen molar-refractivity contribution in [3.63, 3.8) is 0 Å². The number of anilines is 1. The van der Waals surface area contributed by atoms with Crippen molar-refractivity contribution in [2.45, 2.75) is 45.7 Å². The largest absolute Gasteiger partial charge is 0.432 e. The van der Waals surface area contributed by atoms with Crippen LogP contribution in [0.1, 0.15) is 39.3 Å². The molecule has 1 N–H and O–H groups in total. The van der Waals surface area contributed by atoms with Crippen molar-refractivity contribution in [1.82, 2.24) is 10.3 Å². The number of aromatic nitrogens is 1. The molecule has 90 valence electrons. The Balaban J connectivity index is 2.06. The second kappa shape index (κ2) is 4.45. The van der Waals surface area contributed by atoms with Gasteiger partial charge in [-0.15, -0.1) is 0 Å². The molecule has 0 spiro atoms. The van der Waals surface area contributed by atoms with Crippen LogP contribution in [-0.4, -0.2) is 23.6 Å². The molecule has 0 aliphatic carbocycles. The summed E-state index contributed by atoms with van der Waals surface area (Å²) in [7, 11) is 0. The summed E-state index contributed by atoms with van der Waals surface area (Å²) in [5, 5.41) is 3.25. The fourth-order valence-electron chi connectivity index (χ4n) is 2.22. The van der Waals surface area contributed by atoms with Crippen molar-refractivity contribution in [2.75, 3.05) is 18.0 Å². The van der Waals surface area contributed by atoms with Gasteiger partial charge in [0.15, 0.2) is 0 Å². The molecule has 0 amide bonds. The summed E-state index contributed by atoms with van der Waals surface area (Å²) in [6.45, 7) is 9.37. The van der Waals surface area contributed by atoms with Gasteiger partial charge >= 0.3 is 0 Å². The normalized spacial score (nSPS) is 19.3. The summed E-state index contributed by atoms with van der Waals surface area (Å²) in [4.78, 5) is 6.79. The molecule has 0 atom stereocenters. The highest BCUT2D eigenvalue weighted by Gasteiger charge is 2.34. The first kappa shape index (κ1) is 11.5. The van der Waals surface area contributed by atoms with Crippen LogP contribution >= 0.6 is 0 Å². The first-order chi connectivity index (χ1) is 7.63. The van der Waals surface area contributed by atoms with Crippen LogP contribution in [0.4, 0.5) is 6.01 Å². The Morgan fingerprint density at radius 2 is 2.38 bits per heavy atom. The quantitative estimate of drug-likeness (QED) is 0.849. The summed E-state index contributed by atoms with van der Waals surface area (Å²) < 4.78 is 5.56. The first-order valence-corrected chi connectivity index (χ1v) is 6.06. The molecular weight excluding hydrogens is 202 g/mol. The molecule has 0 unspecified atom stereocenters. The van der Waals surface area contributed by atoms with Crippen molar-refractivity contribution in [2.24, 2.45) is 0 Å². The van der Waals surface area contributed by atoms with E-state index in [4.69, 9.17) is 4.42 Å². The Hall–Kier alpha value is -1.03. The molecule has 1 aliphatic heterocycles. The minimum absolute atomic E-state index is 0.181. The number of nitrogens with one attached hydrogen (secondary N) is 1. The van der Waals surface area contributed by atoms with Gasteiger partial charge in [0.05, 0.1) is 5.69 Å². The molecule has 1 aromatic rings. The van der Waals surface area contributed by atoms with E-state index in [1.165, 1.54) is 12.8 Å². The summed E-state index contributed by atoms with van der Waals surface area (Å²) in [6, 6.07) is 0.774. The maximum Gasteiger partial charge on any atom is 0.297 e. The number of rotatable bonds is 4. The van der Waals surface area contributed by atoms with Gasteiger partial charge < -0.3 is 14.6 Å². The molecule has 2 rings (SSSR count). The SMILES string of the molecule is CCNCc1coc(N2CCCC2(C)C)n1. The van der Waals surface area contributed by atoms with E-state index in [-0.39, 0.29) is 5.54 Å². The van der Waals surface area contributed by atoms with E-state index >= 15 is 0 Å². The lowest BCUT2D eigenvalue weighted by Crippen LogP contribution is -2.38. The van der Waals surface area contributed by atoms with E-state index in [2.05, 4.69) is 36.0 Å². The first-order valence-electron chi connectivity index (χ1n) is 6.06. The van der Waals surface area contributed by atoms with Gasteiger partial charge in [0.1, 0.15) is 6.26 Å². The molecule has 2 heterocycles. The van der Waals surface area contributed by atoms with Crippen LogP contribution in [0.25, 0.3) is 0 Å². The molecule has 0 aromatic carbocycles. The van der Waals surface area contributed by atoms with E-state index < -0.39 is 0 Å². The molecule has 4 heteroatoms. The van der Waals surface area contributed by atoms with E-state index in [1.807, 2.05) is 0 Å². The number of oxazole rings is 1. The zero-order valence-corrected chi connectivity index (χ0v) is 10.4. The van der Waals surface area contributed by atoms with Crippen LogP contribution in [0, 0.1) is 0 Å². The third kappa shape index (κ3) is 2.21. The van der Waals surface area contributed by atoms with E-state index in [1.54, 1.807) is 6.26 Å². The maximum atomic E-state index is 5.56. The third-order valence-electron chi connectivity index (χ3n) is 3.23. The van der Waals surface area contributed by atoms with Gasteiger partial charge in [-0.2, -0.15) is 4.98 Å². The Kier molecular flexibility index (Phi) is 3.19. The zero-order valence-electron chi connectivity index (χ0n) is 10.4. The summed E-state index contributed by atoms with van der Waals surface area (Å²) >= 11 is 0. The van der Waals surface area contributed by atoms with Crippen molar-refractivity contribution in [3.05, 3.63) is 12.0 Å². The lowest BCUT2D eigenvalue weighted by Gasteiger charge is -2.29. The van der Waals surface area contributed by atoms with Crippen LogP contribution in [0.15, 0.2) is 10.7 Å². The van der Waals surface area contributed by atoms with Gasteiger partial charge in [-0.25, -0.2) is 0 Å². The van der Waals surface area contributed by atoms with Gasteiger partial charge in [0.2, 0.25) is 0 Å². The lowest BCUT2D eigenvalue weighted by atomic mass is 10.0. The van der Waals surface area contributed by atoms with Crippen LogP contribution < -0.4 is 10.2 Å². The van der Waals surface area contributed by atoms with Crippen molar-refractivity contribution in [1.29, 1.82) is 0 Å². The number of hydrogen-bond acceptors (Lipinski definition) is 4. The summed E-state index contributed by atoms with van der Waals surface area (Å²) in [5.74, 6) is 0. The average Bonchev–Trinajstić information content (AvgIpc) is 2.81. The van der Waals surface area contributed by atoms with Gasteiger partial charge in [-0.05, 0) is 33.2 Å². The molecule has 1 saturated heterocycles. The average molecular weight is 223 g/mol. The summed E-state index contributed by atoms with van der Waals surface area (Å²) in [5.41, 5.74) is 1.17. The minimum Gasteiger partial charge on any atom is -0.432 e. The van der Waals surface area contributed by atoms with Crippen LogP contribution in [0.3, 0.4) is 0 Å². The molecule has 1 fully saturated rings. The van der Waals surface area contributed by atoms with Crippen LogP contribution in [0.5, 0.6) is 0 Å². The molecule has 0 saturated carbocycles. The molecule has 0 bridgehead atoms. The van der Waals surface area contributed by atoms with Crippen molar-refractivity contribution >= 4 is 6.01 Å². The summed E-state index contributed by atoms with van der Waals surface area (Å²) in [6.07, 6.45) is 4.18. The Morgan fingerprint density at radius 1 is 1.56 bits per heavy atom. The lowest BCUT2D eigenvalue weighted by molar-refractivity contribution is 0.458. The van der Waals surface area contributed by atoms with E-state index in [0.29, 0.717) is 0 Å². The standard InChI is InChI=1S/C12H21N3O/c1-4-13-8-10-9-16-11(14-10)15-7-5-6-12(15,2)3/h9,13H,4-8H2,1-3H3. The highest BCUT2D eigenvalue weighted by atomic mass is 16.4. The van der Waals surface area contributed by atoms with Crippen LogP contribution in [0.2, 0.25) is 0 Å². The number of hydrogen-bond donors (Lipinski definition) is 1. The van der Waals surface area contributed by atoms with Gasteiger partial charge in [0.25, 0.3) is 6.01 Å². The van der Waals surface area contributed by atoms with Crippen LogP contribution in [-0.2, 0) is 6.54 Å². The molecule has 16 heavy (non-hydrogen) atoms. The fraction of sp³-hybridized carbons (Fsp3) is 0.750. The topological polar surface area (TPSA) is 41.3 Å². The van der Waals surface area contributed by atoms with E-state index in [9.17, 15) is 0 Å². The third-order valence-corrected chi connectivity index (χ3v) is 3.23. The second-order valence-electron chi connectivity index (χ2n) is 4.97. The smallest absolute Gasteiger partial charge is 0.297 e. The van der Waals surface area contributed by atoms with E-state index in [0.717, 1.165) is 31.3 Å².